The molecular weight excluding hydrogens is 496 g/mol. The highest BCUT2D eigenvalue weighted by Gasteiger charge is 2.29. The number of hydrazone groups is 1. The van der Waals surface area contributed by atoms with Gasteiger partial charge in [0.25, 0.3) is 0 Å². The molecule has 13 heteroatoms. The smallest absolute Gasteiger partial charge is 0.243 e. The number of unbranched alkanes of at least 4 members (excludes halogenated alkanes) is 1. The Balaban J connectivity index is 1.40. The van der Waals surface area contributed by atoms with Crippen LogP contribution in [0.5, 0.6) is 0 Å². The predicted octanol–water partition coefficient (Wildman–Crippen LogP) is 3.09. The van der Waals surface area contributed by atoms with E-state index < -0.39 is 5.91 Å². The number of nitrogens with one attached hydrogen (secondary N) is 5. The van der Waals surface area contributed by atoms with Gasteiger partial charge in [0.15, 0.2) is 5.16 Å². The van der Waals surface area contributed by atoms with Crippen LogP contribution in [-0.2, 0) is 14.4 Å². The molecule has 0 saturated heterocycles. The van der Waals surface area contributed by atoms with Gasteiger partial charge in [-0.2, -0.15) is 5.10 Å². The normalized spacial score (nSPS) is 16.4. The Morgan fingerprint density at radius 2 is 1.73 bits per heavy atom. The van der Waals surface area contributed by atoms with E-state index in [-0.39, 0.29) is 36.7 Å². The molecule has 1 aliphatic heterocycles. The first-order valence-electron chi connectivity index (χ1n) is 12.1. The van der Waals surface area contributed by atoms with Gasteiger partial charge in [-0.15, -0.1) is 0 Å². The number of hydrogen-bond acceptors (Lipinski definition) is 10. The standard InChI is InChI=1S/C24H30N8O4S/c1-14-12-20(31-30-14)26-18-13-19(27-21(33)4-2-3-5-22(34)32-36)29-24(28-18)37-17-10-8-16(9-11-17)25-23(35)15-6-7-15/h8-11,13,15,20,31,36H,2-7,12H2,1H3,(H,25,35)(H,32,34)(H2,26,27,28,29,33). The van der Waals surface area contributed by atoms with Gasteiger partial charge in [0.2, 0.25) is 17.7 Å². The Bertz CT molecular complexity index is 1170. The Morgan fingerprint density at radius 3 is 2.38 bits per heavy atom. The first kappa shape index (κ1) is 26.4. The molecular formula is C24H30N8O4S. The maximum Gasteiger partial charge on any atom is 0.243 e. The van der Waals surface area contributed by atoms with Gasteiger partial charge in [-0.1, -0.05) is 0 Å². The number of benzene rings is 1. The summed E-state index contributed by atoms with van der Waals surface area (Å²) in [6.07, 6.45) is 3.80. The molecule has 196 valence electrons. The van der Waals surface area contributed by atoms with Crippen LogP contribution >= 0.6 is 11.8 Å². The first-order valence-corrected chi connectivity index (χ1v) is 13.0. The molecule has 2 aromatic rings. The van der Waals surface area contributed by atoms with Crippen LogP contribution < -0.4 is 26.9 Å². The number of amides is 3. The second-order valence-corrected chi connectivity index (χ2v) is 10.0. The number of carbonyl (C=O) groups is 3. The van der Waals surface area contributed by atoms with Crippen molar-refractivity contribution in [2.45, 2.75) is 68.1 Å². The first-order chi connectivity index (χ1) is 17.9. The van der Waals surface area contributed by atoms with E-state index in [0.29, 0.717) is 36.1 Å². The number of hydrogen-bond donors (Lipinski definition) is 6. The lowest BCUT2D eigenvalue weighted by molar-refractivity contribution is -0.129. The third-order valence-corrected chi connectivity index (χ3v) is 6.54. The van der Waals surface area contributed by atoms with E-state index in [1.807, 2.05) is 31.2 Å². The molecule has 2 heterocycles. The lowest BCUT2D eigenvalue weighted by Gasteiger charge is -2.15. The SMILES string of the molecule is CC1=NNC(Nc2cc(NC(=O)CCCCC(=O)NO)nc(Sc3ccc(NC(=O)C4CC4)cc3)n2)C1. The second-order valence-electron chi connectivity index (χ2n) is 8.98. The highest BCUT2D eigenvalue weighted by Crippen LogP contribution is 2.31. The molecule has 0 spiro atoms. The van der Waals surface area contributed by atoms with Crippen molar-refractivity contribution in [1.29, 1.82) is 0 Å². The summed E-state index contributed by atoms with van der Waals surface area (Å²) in [4.78, 5) is 45.5. The zero-order valence-corrected chi connectivity index (χ0v) is 21.2. The summed E-state index contributed by atoms with van der Waals surface area (Å²) in [5.41, 5.74) is 6.29. The van der Waals surface area contributed by atoms with Gasteiger partial charge in [-0.05, 0) is 68.6 Å². The molecule has 3 amide bonds. The molecule has 12 nitrogen and oxygen atoms in total. The fourth-order valence-electron chi connectivity index (χ4n) is 3.58. The highest BCUT2D eigenvalue weighted by molar-refractivity contribution is 7.99. The van der Waals surface area contributed by atoms with Crippen LogP contribution in [0, 0.1) is 5.92 Å². The average Bonchev–Trinajstić information content (AvgIpc) is 3.65. The Kier molecular flexibility index (Phi) is 8.90. The van der Waals surface area contributed by atoms with Crippen molar-refractivity contribution in [2.24, 2.45) is 11.0 Å². The summed E-state index contributed by atoms with van der Waals surface area (Å²) in [5, 5.41) is 22.2. The third kappa shape index (κ3) is 8.43. The van der Waals surface area contributed by atoms with Crippen molar-refractivity contribution in [3.63, 3.8) is 0 Å². The lowest BCUT2D eigenvalue weighted by atomic mass is 10.2. The van der Waals surface area contributed by atoms with Crippen LogP contribution in [0.4, 0.5) is 17.3 Å². The summed E-state index contributed by atoms with van der Waals surface area (Å²) in [6, 6.07) is 9.10. The molecule has 6 N–H and O–H groups in total. The van der Waals surface area contributed by atoms with Gasteiger partial charge in [-0.25, -0.2) is 15.4 Å². The molecule has 1 aromatic carbocycles. The molecule has 1 unspecified atom stereocenters. The van der Waals surface area contributed by atoms with E-state index in [0.717, 1.165) is 29.1 Å². The van der Waals surface area contributed by atoms with Crippen molar-refractivity contribution < 1.29 is 19.6 Å². The predicted molar refractivity (Wildman–Crippen MR) is 139 cm³/mol. The minimum absolute atomic E-state index is 0.0549. The fourth-order valence-corrected chi connectivity index (χ4v) is 4.35. The van der Waals surface area contributed by atoms with Gasteiger partial charge in [0.1, 0.15) is 17.8 Å². The number of aromatic nitrogens is 2. The third-order valence-electron chi connectivity index (χ3n) is 5.67. The maximum atomic E-state index is 12.5. The van der Waals surface area contributed by atoms with Crippen molar-refractivity contribution in [3.05, 3.63) is 30.3 Å². The second kappa shape index (κ2) is 12.5. The van der Waals surface area contributed by atoms with Gasteiger partial charge in [0, 0.05) is 47.5 Å². The number of hydroxylamine groups is 1. The van der Waals surface area contributed by atoms with E-state index in [9.17, 15) is 14.4 Å². The summed E-state index contributed by atoms with van der Waals surface area (Å²) >= 11 is 1.33. The summed E-state index contributed by atoms with van der Waals surface area (Å²) in [5.74, 6) is 0.352. The molecule has 0 radical (unpaired) electrons. The number of rotatable bonds is 12. The van der Waals surface area contributed by atoms with Gasteiger partial charge in [-0.3, -0.25) is 25.0 Å². The van der Waals surface area contributed by atoms with E-state index in [1.165, 1.54) is 11.8 Å². The Hall–Kier alpha value is -3.71. The zero-order chi connectivity index (χ0) is 26.2. The maximum absolute atomic E-state index is 12.5. The van der Waals surface area contributed by atoms with Crippen molar-refractivity contribution >= 4 is 52.5 Å². The largest absolute Gasteiger partial charge is 0.348 e. The molecule has 37 heavy (non-hydrogen) atoms. The molecule has 4 rings (SSSR count). The van der Waals surface area contributed by atoms with Crippen LogP contribution in [0.2, 0.25) is 0 Å². The molecule has 1 atom stereocenters. The Labute approximate surface area is 218 Å². The fraction of sp³-hybridized carbons (Fsp3) is 0.417. The number of anilines is 3. The van der Waals surface area contributed by atoms with Crippen LogP contribution in [0.15, 0.2) is 45.5 Å². The molecule has 1 fully saturated rings. The summed E-state index contributed by atoms with van der Waals surface area (Å²) in [6.45, 7) is 1.93. The molecule has 1 saturated carbocycles. The molecule has 0 bridgehead atoms. The number of nitrogens with zero attached hydrogens (tertiary/aromatic N) is 3. The van der Waals surface area contributed by atoms with Crippen LogP contribution in [-0.4, -0.2) is 44.8 Å². The Morgan fingerprint density at radius 1 is 1.03 bits per heavy atom. The minimum atomic E-state index is -0.480. The van der Waals surface area contributed by atoms with Crippen LogP contribution in [0.3, 0.4) is 0 Å². The van der Waals surface area contributed by atoms with Crippen LogP contribution in [0.1, 0.15) is 51.9 Å². The molecule has 1 aromatic heterocycles. The average molecular weight is 527 g/mol. The minimum Gasteiger partial charge on any atom is -0.348 e. The molecule has 1 aliphatic carbocycles. The monoisotopic (exact) mass is 526 g/mol. The lowest BCUT2D eigenvalue weighted by Crippen LogP contribution is -2.29. The van der Waals surface area contributed by atoms with E-state index in [1.54, 1.807) is 11.5 Å². The van der Waals surface area contributed by atoms with E-state index in [4.69, 9.17) is 5.21 Å². The van der Waals surface area contributed by atoms with E-state index >= 15 is 0 Å². The van der Waals surface area contributed by atoms with Gasteiger partial charge in [0.05, 0.1) is 0 Å². The quantitative estimate of drug-likeness (QED) is 0.105. The zero-order valence-electron chi connectivity index (χ0n) is 20.4. The summed E-state index contributed by atoms with van der Waals surface area (Å²) in [7, 11) is 0. The van der Waals surface area contributed by atoms with Crippen LogP contribution in [0.25, 0.3) is 0 Å². The number of carbonyl (C=O) groups excluding carboxylic acids is 3. The van der Waals surface area contributed by atoms with Gasteiger partial charge < -0.3 is 16.0 Å². The topological polar surface area (TPSA) is 170 Å². The highest BCUT2D eigenvalue weighted by atomic mass is 32.2. The van der Waals surface area contributed by atoms with Crippen molar-refractivity contribution in [1.82, 2.24) is 20.9 Å². The summed E-state index contributed by atoms with van der Waals surface area (Å²) < 4.78 is 0. The molecule has 2 aliphatic rings. The van der Waals surface area contributed by atoms with E-state index in [2.05, 4.69) is 36.4 Å². The van der Waals surface area contributed by atoms with Crippen molar-refractivity contribution in [3.8, 4) is 0 Å². The van der Waals surface area contributed by atoms with Crippen molar-refractivity contribution in [2.75, 3.05) is 16.0 Å². The van der Waals surface area contributed by atoms with Gasteiger partial charge >= 0.3 is 0 Å².